The van der Waals surface area contributed by atoms with Gasteiger partial charge in [0.1, 0.15) is 5.92 Å². The quantitative estimate of drug-likeness (QED) is 0.659. The van der Waals surface area contributed by atoms with Crippen LogP contribution >= 0.6 is 0 Å². The summed E-state index contributed by atoms with van der Waals surface area (Å²) in [5.74, 6) is -1.76. The minimum absolute atomic E-state index is 0.768. The van der Waals surface area contributed by atoms with E-state index >= 15 is 0 Å². The summed E-state index contributed by atoms with van der Waals surface area (Å²) in [7, 11) is 0. The lowest BCUT2D eigenvalue weighted by atomic mass is 9.83. The molecular weight excluding hydrogens is 270 g/mol. The van der Waals surface area contributed by atoms with Crippen LogP contribution in [0.4, 0.5) is 0 Å². The van der Waals surface area contributed by atoms with E-state index in [-0.39, 0.29) is 0 Å². The number of nitriles is 3. The molecule has 0 saturated heterocycles. The first kappa shape index (κ1) is 13.6. The maximum absolute atomic E-state index is 9.58. The Morgan fingerprint density at radius 2 is 1.18 bits per heavy atom. The summed E-state index contributed by atoms with van der Waals surface area (Å²) >= 11 is 0. The van der Waals surface area contributed by atoms with Crippen LogP contribution < -0.4 is 0 Å². The van der Waals surface area contributed by atoms with Crippen LogP contribution in [0.3, 0.4) is 0 Å². The number of hydrogen-bond acceptors (Lipinski definition) is 3. The zero-order valence-electron chi connectivity index (χ0n) is 11.7. The van der Waals surface area contributed by atoms with Crippen LogP contribution in [0.2, 0.25) is 0 Å². The Kier molecular flexibility index (Phi) is 3.45. The molecule has 0 aliphatic heterocycles. The fraction of sp³-hybridized carbons (Fsp3) is 0.105. The van der Waals surface area contributed by atoms with Gasteiger partial charge in [0.15, 0.2) is 5.92 Å². The van der Waals surface area contributed by atoms with Crippen LogP contribution in [0.1, 0.15) is 11.5 Å². The van der Waals surface area contributed by atoms with Gasteiger partial charge < -0.3 is 0 Å². The van der Waals surface area contributed by atoms with Gasteiger partial charge in [-0.2, -0.15) is 15.8 Å². The van der Waals surface area contributed by atoms with Crippen molar-refractivity contribution in [3.8, 4) is 18.2 Å². The average molecular weight is 281 g/mol. The fourth-order valence-electron chi connectivity index (χ4n) is 2.87. The second-order valence-corrected chi connectivity index (χ2v) is 5.08. The first-order valence-corrected chi connectivity index (χ1v) is 6.89. The molecule has 0 fully saturated rings. The second-order valence-electron chi connectivity index (χ2n) is 5.08. The Balaban J connectivity index is 2.46. The largest absolute Gasteiger partial charge is 0.198 e. The molecular formula is C19H11N3. The van der Waals surface area contributed by atoms with E-state index in [0.29, 0.717) is 0 Å². The van der Waals surface area contributed by atoms with Crippen molar-refractivity contribution in [2.24, 2.45) is 5.92 Å². The fourth-order valence-corrected chi connectivity index (χ4v) is 2.87. The van der Waals surface area contributed by atoms with Crippen LogP contribution in [0.25, 0.3) is 21.5 Å². The molecule has 3 aromatic carbocycles. The molecule has 0 N–H and O–H groups in total. The van der Waals surface area contributed by atoms with E-state index in [9.17, 15) is 15.8 Å². The topological polar surface area (TPSA) is 71.4 Å². The summed E-state index contributed by atoms with van der Waals surface area (Å²) in [6, 6.07) is 23.6. The van der Waals surface area contributed by atoms with Crippen molar-refractivity contribution in [1.82, 2.24) is 0 Å². The van der Waals surface area contributed by atoms with Crippen LogP contribution in [0.15, 0.2) is 54.6 Å². The Labute approximate surface area is 128 Å². The number of benzene rings is 3. The zero-order valence-corrected chi connectivity index (χ0v) is 11.7. The third kappa shape index (κ3) is 2.05. The Morgan fingerprint density at radius 3 is 1.64 bits per heavy atom. The summed E-state index contributed by atoms with van der Waals surface area (Å²) in [5, 5.41) is 31.8. The van der Waals surface area contributed by atoms with Gasteiger partial charge in [0.05, 0.1) is 18.2 Å². The molecule has 3 aromatic rings. The first-order valence-electron chi connectivity index (χ1n) is 6.89. The van der Waals surface area contributed by atoms with Crippen molar-refractivity contribution in [3.05, 3.63) is 60.2 Å². The summed E-state index contributed by atoms with van der Waals surface area (Å²) in [6.45, 7) is 0. The Bertz CT molecular complexity index is 915. The van der Waals surface area contributed by atoms with Crippen LogP contribution in [0.5, 0.6) is 0 Å². The highest BCUT2D eigenvalue weighted by Gasteiger charge is 2.26. The van der Waals surface area contributed by atoms with Crippen LogP contribution in [-0.4, -0.2) is 0 Å². The molecule has 102 valence electrons. The third-order valence-electron chi connectivity index (χ3n) is 3.87. The van der Waals surface area contributed by atoms with Gasteiger partial charge in [0, 0.05) is 0 Å². The molecule has 3 heteroatoms. The summed E-state index contributed by atoms with van der Waals surface area (Å²) < 4.78 is 0. The molecule has 0 aromatic heterocycles. The van der Waals surface area contributed by atoms with Crippen molar-refractivity contribution < 1.29 is 0 Å². The van der Waals surface area contributed by atoms with E-state index in [1.165, 1.54) is 0 Å². The molecule has 0 aliphatic carbocycles. The smallest absolute Gasteiger partial charge is 0.153 e. The average Bonchev–Trinajstić information content (AvgIpc) is 2.58. The first-order chi connectivity index (χ1) is 10.8. The molecule has 0 aliphatic rings. The van der Waals surface area contributed by atoms with Gasteiger partial charge in [-0.1, -0.05) is 48.5 Å². The standard InChI is InChI=1S/C19H11N3/c20-10-15(11-21)18(12-22)19-16-7-3-1-5-13(16)9-14-6-2-4-8-17(14)19/h1-9,15,18H. The number of nitrogens with zero attached hydrogens (tertiary/aromatic N) is 3. The van der Waals surface area contributed by atoms with E-state index in [4.69, 9.17) is 0 Å². The van der Waals surface area contributed by atoms with E-state index in [1.54, 1.807) is 0 Å². The molecule has 0 radical (unpaired) electrons. The molecule has 0 bridgehead atoms. The summed E-state index contributed by atoms with van der Waals surface area (Å²) in [5.41, 5.74) is 0.768. The van der Waals surface area contributed by atoms with E-state index in [1.807, 2.05) is 60.7 Å². The van der Waals surface area contributed by atoms with Crippen molar-refractivity contribution in [2.45, 2.75) is 5.92 Å². The molecule has 22 heavy (non-hydrogen) atoms. The van der Waals surface area contributed by atoms with Crippen molar-refractivity contribution in [2.75, 3.05) is 0 Å². The lowest BCUT2D eigenvalue weighted by Crippen LogP contribution is -2.09. The highest BCUT2D eigenvalue weighted by Crippen LogP contribution is 2.36. The number of hydrogen-bond donors (Lipinski definition) is 0. The highest BCUT2D eigenvalue weighted by molar-refractivity contribution is 6.03. The summed E-state index contributed by atoms with van der Waals surface area (Å²) in [6.07, 6.45) is 0. The van der Waals surface area contributed by atoms with Gasteiger partial charge in [-0.25, -0.2) is 0 Å². The molecule has 0 heterocycles. The minimum Gasteiger partial charge on any atom is -0.198 e. The monoisotopic (exact) mass is 281 g/mol. The number of rotatable bonds is 2. The normalized spacial score (nSPS) is 11.7. The van der Waals surface area contributed by atoms with E-state index in [2.05, 4.69) is 12.1 Å². The Morgan fingerprint density at radius 1 is 0.682 bits per heavy atom. The third-order valence-corrected chi connectivity index (χ3v) is 3.87. The Hall–Kier alpha value is -3.35. The van der Waals surface area contributed by atoms with Gasteiger partial charge in [-0.3, -0.25) is 0 Å². The van der Waals surface area contributed by atoms with Crippen LogP contribution in [0, 0.1) is 39.9 Å². The van der Waals surface area contributed by atoms with Gasteiger partial charge >= 0.3 is 0 Å². The SMILES string of the molecule is N#CC(C#N)C(C#N)c1c2ccccc2cc2ccccc12. The number of fused-ring (bicyclic) bond motifs is 2. The maximum Gasteiger partial charge on any atom is 0.153 e. The van der Waals surface area contributed by atoms with Crippen molar-refractivity contribution in [3.63, 3.8) is 0 Å². The zero-order chi connectivity index (χ0) is 15.5. The van der Waals surface area contributed by atoms with Crippen LogP contribution in [-0.2, 0) is 0 Å². The minimum atomic E-state index is -0.987. The van der Waals surface area contributed by atoms with Gasteiger partial charge in [-0.05, 0) is 33.2 Å². The van der Waals surface area contributed by atoms with Crippen molar-refractivity contribution in [1.29, 1.82) is 15.8 Å². The predicted octanol–water partition coefficient (Wildman–Crippen LogP) is 4.26. The van der Waals surface area contributed by atoms with Gasteiger partial charge in [0.25, 0.3) is 0 Å². The van der Waals surface area contributed by atoms with Gasteiger partial charge in [0.2, 0.25) is 0 Å². The van der Waals surface area contributed by atoms with Crippen molar-refractivity contribution >= 4 is 21.5 Å². The molecule has 0 amide bonds. The molecule has 3 rings (SSSR count). The molecule has 3 nitrogen and oxygen atoms in total. The molecule has 0 saturated carbocycles. The lowest BCUT2D eigenvalue weighted by molar-refractivity contribution is 0.755. The predicted molar refractivity (Wildman–Crippen MR) is 84.5 cm³/mol. The molecule has 0 spiro atoms. The highest BCUT2D eigenvalue weighted by atomic mass is 14.4. The maximum atomic E-state index is 9.58. The molecule has 1 atom stereocenters. The van der Waals surface area contributed by atoms with Gasteiger partial charge in [-0.15, -0.1) is 0 Å². The molecule has 1 unspecified atom stereocenters. The van der Waals surface area contributed by atoms with E-state index < -0.39 is 11.8 Å². The second kappa shape index (κ2) is 5.57. The van der Waals surface area contributed by atoms with E-state index in [0.717, 1.165) is 27.1 Å². The lowest BCUT2D eigenvalue weighted by Gasteiger charge is -2.16. The summed E-state index contributed by atoms with van der Waals surface area (Å²) in [4.78, 5) is 0.